The van der Waals surface area contributed by atoms with Gasteiger partial charge in [0.15, 0.2) is 0 Å². The number of piperazine rings is 1. The van der Waals surface area contributed by atoms with E-state index in [2.05, 4.69) is 172 Å². The molecule has 0 saturated carbocycles. The molecule has 484 valence electrons. The van der Waals surface area contributed by atoms with Gasteiger partial charge >= 0.3 is 0 Å². The number of amides is 1. The summed E-state index contributed by atoms with van der Waals surface area (Å²) in [4.78, 5) is 37.6. The number of anilines is 1. The number of thioether (sulfide) groups is 1. The van der Waals surface area contributed by atoms with Crippen LogP contribution in [0, 0.1) is 37.5 Å². The largest absolute Gasteiger partial charge is 0.385 e. The number of terminal acetylenes is 2. The minimum atomic E-state index is 0.124. The number of aryl methyl sites for hydroxylation is 1. The number of fused-ring (bicyclic) bond motifs is 1. The number of pyridine rings is 1. The number of rotatable bonds is 32. The molecule has 2 aromatic heterocycles. The number of allylic oxidation sites excluding steroid dienone is 9. The van der Waals surface area contributed by atoms with E-state index in [0.29, 0.717) is 63.4 Å². The van der Waals surface area contributed by atoms with Gasteiger partial charge in [-0.25, -0.2) is 4.98 Å². The summed E-state index contributed by atoms with van der Waals surface area (Å²) in [6.45, 7) is 32.6. The second kappa shape index (κ2) is 46.1. The van der Waals surface area contributed by atoms with Crippen LogP contribution in [0.2, 0.25) is 0 Å². The lowest BCUT2D eigenvalue weighted by molar-refractivity contribution is -0.121. The zero-order chi connectivity index (χ0) is 65.7. The zero-order valence-corrected chi connectivity index (χ0v) is 55.8. The lowest BCUT2D eigenvalue weighted by Gasteiger charge is -2.35. The van der Waals surface area contributed by atoms with Crippen molar-refractivity contribution >= 4 is 52.5 Å². The van der Waals surface area contributed by atoms with E-state index in [1.165, 1.54) is 33.7 Å². The van der Waals surface area contributed by atoms with E-state index in [9.17, 15) is 4.79 Å². The Hall–Kier alpha value is -8.04. The number of carbonyl (C=O) groups is 1. The van der Waals surface area contributed by atoms with Crippen LogP contribution in [0.1, 0.15) is 116 Å². The lowest BCUT2D eigenvalue weighted by atomic mass is 10.0. The molecular formula is C76H100N10O4S. The first-order valence-electron chi connectivity index (χ1n) is 32.0. The third kappa shape index (κ3) is 28.3. The SMILES string of the molecule is C#C.C#C.C=C/C(C#CCOCCCCCOCCOCCCCCNC(=O)CCN1CCN(CC2=CSCN2/C=C(\N=C)c2ccccc2NC(=C)c2cnc3ccccc3n2)CC1)=C\C1=C(C)CC(N/C(C)=C2\C=CC=CC2)C1.CC.CCc1cccnc1. The Morgan fingerprint density at radius 1 is 0.857 bits per heavy atom. The van der Waals surface area contributed by atoms with E-state index in [1.54, 1.807) is 24.2 Å². The number of unbranched alkanes of at least 4 members (excludes halogenated alkanes) is 4. The summed E-state index contributed by atoms with van der Waals surface area (Å²) < 4.78 is 17.3. The fraction of sp³-hybridized carbons (Fsp3) is 0.408. The zero-order valence-electron chi connectivity index (χ0n) is 55.0. The van der Waals surface area contributed by atoms with Crippen LogP contribution >= 0.6 is 11.8 Å². The van der Waals surface area contributed by atoms with Crippen LogP contribution in [0.25, 0.3) is 22.4 Å². The van der Waals surface area contributed by atoms with Crippen molar-refractivity contribution in [1.29, 1.82) is 0 Å². The summed E-state index contributed by atoms with van der Waals surface area (Å²) in [6.07, 6.45) is 46.8. The number of carbonyl (C=O) groups excluding carboxylic acids is 1. The first kappa shape index (κ1) is 75.4. The van der Waals surface area contributed by atoms with Gasteiger partial charge in [-0.1, -0.05) is 118 Å². The second-order valence-corrected chi connectivity index (χ2v) is 22.4. The first-order valence-corrected chi connectivity index (χ1v) is 33.1. The molecule has 91 heavy (non-hydrogen) atoms. The van der Waals surface area contributed by atoms with Crippen molar-refractivity contribution in [2.75, 3.05) is 96.6 Å². The number of nitrogens with zero attached hydrogens (tertiary/aromatic N) is 7. The number of aliphatic imine (C=N–C) groups is 1. The van der Waals surface area contributed by atoms with E-state index >= 15 is 0 Å². The van der Waals surface area contributed by atoms with Crippen molar-refractivity contribution in [1.82, 2.24) is 40.3 Å². The molecule has 1 unspecified atom stereocenters. The Labute approximate surface area is 550 Å². The maximum atomic E-state index is 12.7. The van der Waals surface area contributed by atoms with Crippen molar-refractivity contribution in [3.63, 3.8) is 0 Å². The molecule has 2 aliphatic heterocycles. The van der Waals surface area contributed by atoms with Gasteiger partial charge < -0.3 is 40.0 Å². The second-order valence-electron chi connectivity index (χ2n) is 21.6. The van der Waals surface area contributed by atoms with Gasteiger partial charge in [-0.15, -0.1) is 37.5 Å². The molecular weight excluding hydrogens is 1150 g/mol. The molecule has 0 spiro atoms. The van der Waals surface area contributed by atoms with Gasteiger partial charge in [0.2, 0.25) is 5.91 Å². The van der Waals surface area contributed by atoms with Crippen LogP contribution < -0.4 is 16.0 Å². The summed E-state index contributed by atoms with van der Waals surface area (Å²) >= 11 is 1.78. The highest BCUT2D eigenvalue weighted by Gasteiger charge is 2.24. The average molecular weight is 1250 g/mol. The molecule has 4 aromatic rings. The maximum absolute atomic E-state index is 12.7. The molecule has 4 aliphatic rings. The topological polar surface area (TPSA) is 142 Å². The molecule has 0 bridgehead atoms. The molecule has 1 atom stereocenters. The summed E-state index contributed by atoms with van der Waals surface area (Å²) in [5.41, 5.74) is 14.4. The molecule has 1 fully saturated rings. The highest BCUT2D eigenvalue weighted by atomic mass is 32.2. The van der Waals surface area contributed by atoms with Crippen molar-refractivity contribution in [3.8, 4) is 37.5 Å². The van der Waals surface area contributed by atoms with E-state index in [0.717, 1.165) is 150 Å². The quantitative estimate of drug-likeness (QED) is 0.0185. The number of hydrogen-bond acceptors (Lipinski definition) is 14. The Morgan fingerprint density at radius 3 is 2.24 bits per heavy atom. The van der Waals surface area contributed by atoms with Crippen molar-refractivity contribution in [2.24, 2.45) is 4.99 Å². The number of para-hydroxylation sites is 3. The third-order valence-electron chi connectivity index (χ3n) is 15.2. The predicted molar refractivity (Wildman–Crippen MR) is 384 cm³/mol. The van der Waals surface area contributed by atoms with Gasteiger partial charge in [0.25, 0.3) is 0 Å². The van der Waals surface area contributed by atoms with Crippen molar-refractivity contribution < 1.29 is 19.0 Å². The summed E-state index contributed by atoms with van der Waals surface area (Å²) in [5.74, 6) is 7.34. The molecule has 15 heteroatoms. The van der Waals surface area contributed by atoms with Gasteiger partial charge in [0.1, 0.15) is 12.3 Å². The summed E-state index contributed by atoms with van der Waals surface area (Å²) in [6, 6.07) is 20.3. The molecule has 0 radical (unpaired) electrons. The van der Waals surface area contributed by atoms with Gasteiger partial charge in [-0.05, 0) is 137 Å². The van der Waals surface area contributed by atoms with E-state index in [-0.39, 0.29) is 5.91 Å². The molecule has 8 rings (SSSR count). The number of hydrogen-bond donors (Lipinski definition) is 3. The van der Waals surface area contributed by atoms with Crippen LogP contribution in [0.15, 0.2) is 179 Å². The smallest absolute Gasteiger partial charge is 0.221 e. The van der Waals surface area contributed by atoms with Crippen molar-refractivity contribution in [3.05, 3.63) is 191 Å². The Balaban J connectivity index is 0.00000114. The standard InChI is InChI=1S/C63H81N9O4S.C7H9N.C2H6.2C2H2/c1-6-52(42-54-43-55(41-49(54)2)67-50(3)53-22-10-7-11-23-53)21-20-38-74-35-18-9-19-37-76-40-39-75-36-17-8-16-29-65-63(73)28-30-70-31-33-71(34-32-70)45-56-47-77-48-72(56)46-62(64-5)57-24-12-13-25-58(57)68-51(4)61-44-66-59-26-14-15-27-60(59)69-61;1-2-7-4-3-5-8-6-7;3*1-2/h6-7,10-15,22,24-27,42,44,46-47,55,67-68H,1,4-5,8-9,16-19,23,28-41,43,45,48H2,2-3H3,(H,65,73);3-6H,2H2,1H3;1-2H3;2*1-2H/b52-42+,53-50+,62-46-;;;;. The highest BCUT2D eigenvalue weighted by molar-refractivity contribution is 8.02. The molecule has 1 amide bonds. The predicted octanol–water partition coefficient (Wildman–Crippen LogP) is 14.2. The molecule has 2 aliphatic carbocycles. The van der Waals surface area contributed by atoms with Crippen LogP contribution in [0.5, 0.6) is 0 Å². The normalized spacial score (nSPS) is 16.0. The first-order chi connectivity index (χ1) is 44.7. The van der Waals surface area contributed by atoms with E-state index < -0.39 is 0 Å². The van der Waals surface area contributed by atoms with Crippen LogP contribution in [0.3, 0.4) is 0 Å². The summed E-state index contributed by atoms with van der Waals surface area (Å²) in [5, 5.41) is 12.6. The van der Waals surface area contributed by atoms with Crippen LogP contribution in [-0.2, 0) is 25.4 Å². The third-order valence-corrected chi connectivity index (χ3v) is 16.0. The fourth-order valence-electron chi connectivity index (χ4n) is 10.2. The number of benzene rings is 2. The Kier molecular flexibility index (Phi) is 38.2. The van der Waals surface area contributed by atoms with E-state index in [4.69, 9.17) is 19.2 Å². The average Bonchev–Trinajstić information content (AvgIpc) is 2.71. The molecule has 4 heterocycles. The number of nitrogens with one attached hydrogen (secondary N) is 3. The molecule has 1 saturated heterocycles. The maximum Gasteiger partial charge on any atom is 0.221 e. The number of ether oxygens (including phenoxy) is 3. The van der Waals surface area contributed by atoms with Gasteiger partial charge in [-0.3, -0.25) is 24.7 Å². The van der Waals surface area contributed by atoms with E-state index in [1.807, 2.05) is 80.7 Å². The minimum absolute atomic E-state index is 0.124. The fourth-order valence-corrected chi connectivity index (χ4v) is 11.1. The molecule has 2 aromatic carbocycles. The number of aromatic nitrogens is 3. The van der Waals surface area contributed by atoms with Gasteiger partial charge in [0, 0.05) is 125 Å². The van der Waals surface area contributed by atoms with Crippen LogP contribution in [-0.4, -0.2) is 140 Å². The Morgan fingerprint density at radius 2 is 1.56 bits per heavy atom. The van der Waals surface area contributed by atoms with Crippen LogP contribution in [0.4, 0.5) is 5.69 Å². The monoisotopic (exact) mass is 1250 g/mol. The molecule has 14 nitrogen and oxygen atoms in total. The van der Waals surface area contributed by atoms with Crippen molar-refractivity contribution in [2.45, 2.75) is 111 Å². The molecule has 3 N–H and O–H groups in total. The lowest BCUT2D eigenvalue weighted by Crippen LogP contribution is -2.48. The Bertz CT molecular complexity index is 3190. The summed E-state index contributed by atoms with van der Waals surface area (Å²) in [7, 11) is 0. The van der Waals surface area contributed by atoms with Gasteiger partial charge in [-0.2, -0.15) is 0 Å². The highest BCUT2D eigenvalue weighted by Crippen LogP contribution is 2.32. The minimum Gasteiger partial charge on any atom is -0.385 e. The van der Waals surface area contributed by atoms with Gasteiger partial charge in [0.05, 0.1) is 47.7 Å².